The van der Waals surface area contributed by atoms with E-state index in [0.717, 1.165) is 162 Å². The van der Waals surface area contributed by atoms with E-state index in [1.54, 1.807) is 24.8 Å². The van der Waals surface area contributed by atoms with Gasteiger partial charge in [-0.2, -0.15) is 4.39 Å². The molecular weight excluding hydrogens is 1450 g/mol. The van der Waals surface area contributed by atoms with E-state index in [1.165, 1.54) is 254 Å². The van der Waals surface area contributed by atoms with Crippen molar-refractivity contribution in [3.8, 4) is 23.0 Å². The largest absolute Gasteiger partial charge is 0.497 e. The minimum atomic E-state index is -1.04. The number of aryl methyl sites for hydroxylation is 4. The molecule has 117 heavy (non-hydrogen) atoms. The van der Waals surface area contributed by atoms with Crippen LogP contribution in [-0.2, 0) is 40.1 Å². The van der Waals surface area contributed by atoms with Gasteiger partial charge >= 0.3 is 17.9 Å². The highest BCUT2D eigenvalue weighted by Crippen LogP contribution is 2.42. The Morgan fingerprint density at radius 1 is 0.291 bits per heavy atom. The molecule has 5 saturated carbocycles. The van der Waals surface area contributed by atoms with Crippen molar-refractivity contribution >= 4 is 17.9 Å². The summed E-state index contributed by atoms with van der Waals surface area (Å²) in [5.74, 6) is 4.22. The van der Waals surface area contributed by atoms with E-state index in [4.69, 9.17) is 18.9 Å². The van der Waals surface area contributed by atoms with E-state index in [1.807, 2.05) is 18.2 Å². The van der Waals surface area contributed by atoms with Crippen LogP contribution in [0.5, 0.6) is 23.0 Å². The Bertz CT molecular complexity index is 3360. The second kappa shape index (κ2) is 60.6. The fraction of sp³-hybridized carbons (Fsp3) is 0.692. The fourth-order valence-electron chi connectivity index (χ4n) is 18.8. The Kier molecular flexibility index (Phi) is 51.7. The molecule has 0 bridgehead atoms. The van der Waals surface area contributed by atoms with Crippen LogP contribution in [0.25, 0.3) is 0 Å². The van der Waals surface area contributed by atoms with Gasteiger partial charge < -0.3 is 18.9 Å². The molecule has 0 aromatic heterocycles. The van der Waals surface area contributed by atoms with Gasteiger partial charge in [-0.05, 0) is 291 Å². The summed E-state index contributed by atoms with van der Waals surface area (Å²) in [5, 5.41) is 0. The maximum absolute atomic E-state index is 14.3. The van der Waals surface area contributed by atoms with Crippen LogP contribution in [-0.4, -0.2) is 25.0 Å². The van der Waals surface area contributed by atoms with Gasteiger partial charge in [0.15, 0.2) is 23.1 Å². The summed E-state index contributed by atoms with van der Waals surface area (Å²) in [4.78, 5) is 37.2. The lowest BCUT2D eigenvalue weighted by atomic mass is 9.77. The lowest BCUT2D eigenvalue weighted by Crippen LogP contribution is -2.26. The molecule has 0 N–H and O–H groups in total. The summed E-state index contributed by atoms with van der Waals surface area (Å²) in [6.45, 7) is 20.0. The normalized spacial score (nSPS) is 21.1. The van der Waals surface area contributed by atoms with Crippen molar-refractivity contribution in [2.24, 2.45) is 47.3 Å². The van der Waals surface area contributed by atoms with E-state index < -0.39 is 23.4 Å². The first-order valence-electron chi connectivity index (χ1n) is 48.8. The van der Waals surface area contributed by atoms with Crippen LogP contribution < -0.4 is 18.9 Å². The van der Waals surface area contributed by atoms with Gasteiger partial charge in [0.25, 0.3) is 0 Å². The van der Waals surface area contributed by atoms with Crippen LogP contribution >= 0.6 is 0 Å². The van der Waals surface area contributed by atoms with E-state index in [0.29, 0.717) is 23.7 Å². The number of carbonyl (C=O) groups excluding carboxylic acids is 3. The number of unbranched alkanes of at least 4 members (excludes halogenated alkanes) is 16. The Balaban J connectivity index is 0.000000228. The lowest BCUT2D eigenvalue weighted by molar-refractivity contribution is -0.141. The highest BCUT2D eigenvalue weighted by molar-refractivity contribution is 5.76. The second-order valence-corrected chi connectivity index (χ2v) is 36.2. The molecule has 5 aromatic carbocycles. The summed E-state index contributed by atoms with van der Waals surface area (Å²) in [6.07, 6.45) is 65.1. The van der Waals surface area contributed by atoms with Crippen molar-refractivity contribution in [2.45, 2.75) is 421 Å². The minimum absolute atomic E-state index is 0.0225. The Hall–Kier alpha value is -5.90. The average molecular weight is 1620 g/mol. The molecule has 0 heterocycles. The van der Waals surface area contributed by atoms with Crippen LogP contribution in [0.3, 0.4) is 0 Å². The number of hydrogen-bond donors (Lipinski definition) is 0. The van der Waals surface area contributed by atoms with E-state index >= 15 is 0 Å². The summed E-state index contributed by atoms with van der Waals surface area (Å²) in [6, 6.07) is 34.3. The first-order chi connectivity index (χ1) is 57.1. The molecule has 10 rings (SSSR count). The Labute approximate surface area is 712 Å². The third kappa shape index (κ3) is 39.2. The molecule has 5 aliphatic carbocycles. The highest BCUT2D eigenvalue weighted by atomic mass is 19.2. The molecule has 0 saturated heterocycles. The maximum Gasteiger partial charge on any atom is 0.314 e. The number of methoxy groups -OCH3 is 1. The minimum Gasteiger partial charge on any atom is -0.497 e. The number of benzene rings is 5. The summed E-state index contributed by atoms with van der Waals surface area (Å²) in [5.41, 5.74) is 7.27. The number of ether oxygens (including phenoxy) is 4. The SMILES string of the molecule is CCCCCC1CCC(c2ccc(CCC)cc2)CC1.CCCCCC1CCC(c2ccc(OC)cc2)CC1.CCCCCc1ccc(OC(=O)C2CCC(CCCCC)CC2)c(F)c1.CCCCCc1ccc(OC(=O)C2CCC(CCCCC)CC2)c(F)c1F.CCCCCc1ccc(OC(=O)C2CCC(CCCCC)CC2)cc1. The van der Waals surface area contributed by atoms with Crippen molar-refractivity contribution in [2.75, 3.05) is 7.11 Å². The number of hydrogen-bond acceptors (Lipinski definition) is 7. The molecule has 10 heteroatoms. The molecule has 5 fully saturated rings. The van der Waals surface area contributed by atoms with Crippen LogP contribution in [0, 0.1) is 64.8 Å². The number of halogens is 3. The van der Waals surface area contributed by atoms with Crippen molar-refractivity contribution in [1.82, 2.24) is 0 Å². The zero-order valence-electron chi connectivity index (χ0n) is 75.8. The van der Waals surface area contributed by atoms with Crippen LogP contribution in [0.1, 0.15) is 429 Å². The molecular formula is C107H165F3O7. The number of rotatable bonds is 43. The van der Waals surface area contributed by atoms with Crippen molar-refractivity contribution in [1.29, 1.82) is 0 Å². The van der Waals surface area contributed by atoms with Gasteiger partial charge in [0.05, 0.1) is 24.9 Å². The van der Waals surface area contributed by atoms with Gasteiger partial charge in [-0.25, -0.2) is 8.78 Å². The van der Waals surface area contributed by atoms with Crippen molar-refractivity contribution in [3.05, 3.63) is 154 Å². The van der Waals surface area contributed by atoms with Gasteiger partial charge in [0, 0.05) is 0 Å². The van der Waals surface area contributed by atoms with E-state index in [9.17, 15) is 27.6 Å². The summed E-state index contributed by atoms with van der Waals surface area (Å²) >= 11 is 0. The third-order valence-corrected chi connectivity index (χ3v) is 26.8. The molecule has 0 aliphatic heterocycles. The smallest absolute Gasteiger partial charge is 0.314 e. The lowest BCUT2D eigenvalue weighted by Gasteiger charge is -2.29. The van der Waals surface area contributed by atoms with Crippen LogP contribution in [0.15, 0.2) is 103 Å². The topological polar surface area (TPSA) is 88.1 Å². The third-order valence-electron chi connectivity index (χ3n) is 26.8. The Morgan fingerprint density at radius 2 is 0.598 bits per heavy atom. The maximum atomic E-state index is 14.3. The Morgan fingerprint density at radius 3 is 0.974 bits per heavy atom. The van der Waals surface area contributed by atoms with Crippen molar-refractivity contribution < 1.29 is 46.5 Å². The zero-order chi connectivity index (χ0) is 84.0. The van der Waals surface area contributed by atoms with E-state index in [-0.39, 0.29) is 41.2 Å². The van der Waals surface area contributed by atoms with Crippen LogP contribution in [0.4, 0.5) is 13.2 Å². The van der Waals surface area contributed by atoms with Gasteiger partial charge in [0.2, 0.25) is 5.82 Å². The van der Waals surface area contributed by atoms with Crippen molar-refractivity contribution in [3.63, 3.8) is 0 Å². The van der Waals surface area contributed by atoms with Gasteiger partial charge in [-0.3, -0.25) is 14.4 Å². The monoisotopic (exact) mass is 1620 g/mol. The summed E-state index contributed by atoms with van der Waals surface area (Å²) < 4.78 is 64.2. The van der Waals surface area contributed by atoms with Gasteiger partial charge in [-0.1, -0.05) is 296 Å². The molecule has 0 spiro atoms. The molecule has 5 aromatic rings. The molecule has 656 valence electrons. The molecule has 0 unspecified atom stereocenters. The zero-order valence-corrected chi connectivity index (χ0v) is 75.8. The molecule has 0 amide bonds. The predicted molar refractivity (Wildman–Crippen MR) is 486 cm³/mol. The van der Waals surface area contributed by atoms with Crippen LogP contribution in [0.2, 0.25) is 0 Å². The van der Waals surface area contributed by atoms with E-state index in [2.05, 4.69) is 123 Å². The first kappa shape index (κ1) is 99.9. The highest BCUT2D eigenvalue weighted by Gasteiger charge is 2.32. The second-order valence-electron chi connectivity index (χ2n) is 36.2. The first-order valence-corrected chi connectivity index (χ1v) is 48.8. The molecule has 7 nitrogen and oxygen atoms in total. The number of esters is 3. The number of carbonyl (C=O) groups is 3. The summed E-state index contributed by atoms with van der Waals surface area (Å²) in [7, 11) is 1.73. The van der Waals surface area contributed by atoms with Gasteiger partial charge in [0.1, 0.15) is 11.5 Å². The average Bonchev–Trinajstić information content (AvgIpc) is 0.830. The predicted octanol–water partition coefficient (Wildman–Crippen LogP) is 32.6. The standard InChI is InChI=1S/C23H34F2O2.C23H35FO2.C23H36O2.C20H32.C18H28O/c1-3-5-7-9-17-11-13-19(14-12-17)23(26)27-20-16-15-18(10-8-6-4-2)21(24)22(20)25;1-3-5-7-9-18-11-14-20(15-12-18)23(25)26-22-16-13-19(17-21(22)24)10-8-6-4-2;1-3-5-7-9-19-11-15-21(16-12-19)23(24)25-22-17-13-20(14-18-22)10-8-6-4-2;1-3-5-6-8-18-11-15-20(16-12-18)19-13-9-17(7-4-2)10-14-19;1-3-4-5-6-15-7-9-16(10-8-15)17-11-13-18(19-2)14-12-17/h15-17,19H,3-14H2,1-2H3;13,16-18,20H,3-12,14-15H2,1-2H3;13-14,17-19,21H,3-12,15-16H2,1-2H3;9-10,13-14,18,20H,3-8,11-12,15-16H2,1-2H3;11-16H,3-10H2,1-2H3. The quantitative estimate of drug-likeness (QED) is 0.0218. The molecule has 0 atom stereocenters. The van der Waals surface area contributed by atoms with Gasteiger partial charge in [-0.15, -0.1) is 0 Å². The molecule has 5 aliphatic rings. The molecule has 0 radical (unpaired) electrons. The fourth-order valence-corrected chi connectivity index (χ4v) is 18.8.